The molecule has 0 aromatic heterocycles. The molecule has 0 radical (unpaired) electrons. The normalized spacial score (nSPS) is 10.1. The molecule has 0 aliphatic heterocycles. The van der Waals surface area contributed by atoms with Crippen LogP contribution in [0.3, 0.4) is 0 Å². The van der Waals surface area contributed by atoms with Gasteiger partial charge in [0.25, 0.3) is 0 Å². The van der Waals surface area contributed by atoms with E-state index in [2.05, 4.69) is 27.9 Å². The van der Waals surface area contributed by atoms with E-state index >= 15 is 0 Å². The highest BCUT2D eigenvalue weighted by Crippen LogP contribution is 2.34. The van der Waals surface area contributed by atoms with Gasteiger partial charge in [0.1, 0.15) is 10.7 Å². The standard InChI is InChI=1S/C12H8ClIN2O2/c13-10-5-2-6-11(12(10)16(17)18)15-9-4-1-3-8(14)7-9/h1-7,15H. The van der Waals surface area contributed by atoms with E-state index in [4.69, 9.17) is 11.6 Å². The van der Waals surface area contributed by atoms with Gasteiger partial charge in [-0.05, 0) is 52.9 Å². The summed E-state index contributed by atoms with van der Waals surface area (Å²) in [6.07, 6.45) is 0. The molecule has 2 aromatic rings. The molecule has 2 rings (SSSR count). The van der Waals surface area contributed by atoms with Gasteiger partial charge >= 0.3 is 5.69 Å². The predicted molar refractivity (Wildman–Crippen MR) is 80.5 cm³/mol. The van der Waals surface area contributed by atoms with Gasteiger partial charge in [0.15, 0.2) is 0 Å². The van der Waals surface area contributed by atoms with Crippen molar-refractivity contribution in [1.29, 1.82) is 0 Å². The Balaban J connectivity index is 2.40. The zero-order valence-corrected chi connectivity index (χ0v) is 12.0. The molecule has 92 valence electrons. The van der Waals surface area contributed by atoms with E-state index < -0.39 is 4.92 Å². The number of benzene rings is 2. The van der Waals surface area contributed by atoms with E-state index in [0.717, 1.165) is 9.26 Å². The van der Waals surface area contributed by atoms with E-state index in [-0.39, 0.29) is 10.7 Å². The van der Waals surface area contributed by atoms with Crippen LogP contribution in [0.25, 0.3) is 0 Å². The quantitative estimate of drug-likeness (QED) is 0.485. The van der Waals surface area contributed by atoms with Gasteiger partial charge in [0.05, 0.1) is 4.92 Å². The summed E-state index contributed by atoms with van der Waals surface area (Å²) in [5.41, 5.74) is 1.06. The average molecular weight is 375 g/mol. The fraction of sp³-hybridized carbons (Fsp3) is 0. The molecule has 0 aliphatic carbocycles. The van der Waals surface area contributed by atoms with Crippen molar-refractivity contribution >= 4 is 51.3 Å². The second-order valence-electron chi connectivity index (χ2n) is 3.53. The summed E-state index contributed by atoms with van der Waals surface area (Å²) in [6, 6.07) is 12.4. The van der Waals surface area contributed by atoms with Gasteiger partial charge in [0, 0.05) is 9.26 Å². The summed E-state index contributed by atoms with van der Waals surface area (Å²) in [6.45, 7) is 0. The lowest BCUT2D eigenvalue weighted by Gasteiger charge is -2.08. The Morgan fingerprint density at radius 2 is 1.94 bits per heavy atom. The molecule has 0 fully saturated rings. The van der Waals surface area contributed by atoms with Gasteiger partial charge in [-0.3, -0.25) is 10.1 Å². The molecule has 0 aliphatic rings. The maximum atomic E-state index is 11.0. The van der Waals surface area contributed by atoms with Gasteiger partial charge in [-0.15, -0.1) is 0 Å². The molecule has 0 spiro atoms. The van der Waals surface area contributed by atoms with Crippen molar-refractivity contribution in [3.63, 3.8) is 0 Å². The minimum absolute atomic E-state index is 0.113. The van der Waals surface area contributed by atoms with Crippen LogP contribution >= 0.6 is 34.2 Å². The van der Waals surface area contributed by atoms with Crippen molar-refractivity contribution in [2.45, 2.75) is 0 Å². The monoisotopic (exact) mass is 374 g/mol. The summed E-state index contributed by atoms with van der Waals surface area (Å²) in [5.74, 6) is 0. The number of nitrogens with zero attached hydrogens (tertiary/aromatic N) is 1. The lowest BCUT2D eigenvalue weighted by molar-refractivity contribution is -0.383. The van der Waals surface area contributed by atoms with Crippen molar-refractivity contribution in [2.75, 3.05) is 5.32 Å². The zero-order valence-electron chi connectivity index (χ0n) is 9.06. The Kier molecular flexibility index (Phi) is 4.03. The molecule has 0 saturated heterocycles. The number of rotatable bonds is 3. The fourth-order valence-electron chi connectivity index (χ4n) is 1.52. The minimum atomic E-state index is -0.488. The maximum absolute atomic E-state index is 11.0. The summed E-state index contributed by atoms with van der Waals surface area (Å²) in [5, 5.41) is 14.1. The highest BCUT2D eigenvalue weighted by Gasteiger charge is 2.18. The number of anilines is 2. The smallest absolute Gasteiger partial charge is 0.311 e. The number of halogens is 2. The Bertz CT molecular complexity index is 604. The minimum Gasteiger partial charge on any atom is -0.350 e. The first kappa shape index (κ1) is 13.1. The number of para-hydroxylation sites is 1. The average Bonchev–Trinajstić information content (AvgIpc) is 2.28. The molecule has 0 unspecified atom stereocenters. The number of nitro groups is 1. The Labute approximate surface area is 122 Å². The Morgan fingerprint density at radius 3 is 2.61 bits per heavy atom. The van der Waals surface area contributed by atoms with E-state index in [1.807, 2.05) is 24.3 Å². The summed E-state index contributed by atoms with van der Waals surface area (Å²) in [7, 11) is 0. The molecule has 18 heavy (non-hydrogen) atoms. The highest BCUT2D eigenvalue weighted by atomic mass is 127. The van der Waals surface area contributed by atoms with Crippen LogP contribution in [-0.4, -0.2) is 4.92 Å². The van der Waals surface area contributed by atoms with Crippen LogP contribution in [0.1, 0.15) is 0 Å². The van der Waals surface area contributed by atoms with E-state index in [9.17, 15) is 10.1 Å². The number of nitro benzene ring substituents is 1. The third kappa shape index (κ3) is 2.91. The molecule has 0 saturated carbocycles. The lowest BCUT2D eigenvalue weighted by atomic mass is 10.2. The summed E-state index contributed by atoms with van der Waals surface area (Å²) < 4.78 is 1.04. The second-order valence-corrected chi connectivity index (χ2v) is 5.18. The first-order chi connectivity index (χ1) is 8.58. The maximum Gasteiger partial charge on any atom is 0.311 e. The first-order valence-corrected chi connectivity index (χ1v) is 6.49. The van der Waals surface area contributed by atoms with Gasteiger partial charge in [-0.25, -0.2) is 0 Å². The fourth-order valence-corrected chi connectivity index (χ4v) is 2.31. The van der Waals surface area contributed by atoms with Gasteiger partial charge in [-0.2, -0.15) is 0 Å². The predicted octanol–water partition coefficient (Wildman–Crippen LogP) is 4.60. The second kappa shape index (κ2) is 5.53. The summed E-state index contributed by atoms with van der Waals surface area (Å²) >= 11 is 8.02. The van der Waals surface area contributed by atoms with Crippen molar-refractivity contribution in [1.82, 2.24) is 0 Å². The van der Waals surface area contributed by atoms with Gasteiger partial charge < -0.3 is 5.32 Å². The Morgan fingerprint density at radius 1 is 1.22 bits per heavy atom. The SMILES string of the molecule is O=[N+]([O-])c1c(Cl)cccc1Nc1cccc(I)c1. The molecule has 0 bridgehead atoms. The Hall–Kier alpha value is -1.34. The van der Waals surface area contributed by atoms with Crippen molar-refractivity contribution in [3.05, 3.63) is 61.2 Å². The third-order valence-electron chi connectivity index (χ3n) is 2.27. The van der Waals surface area contributed by atoms with Crippen LogP contribution < -0.4 is 5.32 Å². The highest BCUT2D eigenvalue weighted by molar-refractivity contribution is 14.1. The molecule has 0 amide bonds. The van der Waals surface area contributed by atoms with Gasteiger partial charge in [0.2, 0.25) is 0 Å². The lowest BCUT2D eigenvalue weighted by Crippen LogP contribution is -1.97. The van der Waals surface area contributed by atoms with Gasteiger partial charge in [-0.1, -0.05) is 23.7 Å². The zero-order chi connectivity index (χ0) is 13.1. The van der Waals surface area contributed by atoms with Crippen LogP contribution in [0.2, 0.25) is 5.02 Å². The van der Waals surface area contributed by atoms with Crippen molar-refractivity contribution in [3.8, 4) is 0 Å². The number of hydrogen-bond donors (Lipinski definition) is 1. The molecule has 0 heterocycles. The molecular formula is C12H8ClIN2O2. The van der Waals surface area contributed by atoms with E-state index in [0.29, 0.717) is 5.69 Å². The molecule has 1 N–H and O–H groups in total. The van der Waals surface area contributed by atoms with Crippen LogP contribution in [0.15, 0.2) is 42.5 Å². The topological polar surface area (TPSA) is 55.2 Å². The summed E-state index contributed by atoms with van der Waals surface area (Å²) in [4.78, 5) is 10.5. The molecule has 6 heteroatoms. The van der Waals surface area contributed by atoms with E-state index in [1.165, 1.54) is 6.07 Å². The third-order valence-corrected chi connectivity index (χ3v) is 3.25. The van der Waals surface area contributed by atoms with E-state index in [1.54, 1.807) is 12.1 Å². The van der Waals surface area contributed by atoms with Crippen LogP contribution in [-0.2, 0) is 0 Å². The van der Waals surface area contributed by atoms with Crippen molar-refractivity contribution in [2.24, 2.45) is 0 Å². The molecule has 2 aromatic carbocycles. The van der Waals surface area contributed by atoms with Crippen LogP contribution in [0.4, 0.5) is 17.1 Å². The first-order valence-electron chi connectivity index (χ1n) is 5.03. The molecular weight excluding hydrogens is 367 g/mol. The van der Waals surface area contributed by atoms with Crippen LogP contribution in [0.5, 0.6) is 0 Å². The molecule has 0 atom stereocenters. The van der Waals surface area contributed by atoms with Crippen molar-refractivity contribution < 1.29 is 4.92 Å². The number of nitrogens with one attached hydrogen (secondary N) is 1. The molecule has 4 nitrogen and oxygen atoms in total. The number of hydrogen-bond acceptors (Lipinski definition) is 3. The van der Waals surface area contributed by atoms with Crippen LogP contribution in [0, 0.1) is 13.7 Å². The largest absolute Gasteiger partial charge is 0.350 e.